The van der Waals surface area contributed by atoms with E-state index in [0.29, 0.717) is 18.8 Å². The second-order valence-electron chi connectivity index (χ2n) is 5.05. The van der Waals surface area contributed by atoms with Gasteiger partial charge in [0.05, 0.1) is 18.3 Å². The molecule has 1 aliphatic heterocycles. The maximum Gasteiger partial charge on any atom is 0.257 e. The van der Waals surface area contributed by atoms with Crippen LogP contribution in [0.25, 0.3) is 0 Å². The molecule has 1 unspecified atom stereocenters. The maximum atomic E-state index is 13.7. The van der Waals surface area contributed by atoms with E-state index in [9.17, 15) is 18.0 Å². The molecule has 1 aliphatic rings. The third-order valence-electron chi connectivity index (χ3n) is 3.52. The molecular formula is C15H12F3N3O2. The van der Waals surface area contributed by atoms with Crippen molar-refractivity contribution in [1.82, 2.24) is 14.9 Å². The Bertz CT molecular complexity index is 727. The van der Waals surface area contributed by atoms with Gasteiger partial charge < -0.3 is 9.64 Å². The van der Waals surface area contributed by atoms with E-state index >= 15 is 0 Å². The van der Waals surface area contributed by atoms with Crippen molar-refractivity contribution in [2.24, 2.45) is 0 Å². The highest BCUT2D eigenvalue weighted by atomic mass is 19.2. The average Bonchev–Trinajstić information content (AvgIpc) is 3.02. The smallest absolute Gasteiger partial charge is 0.257 e. The summed E-state index contributed by atoms with van der Waals surface area (Å²) in [5, 5.41) is 0. The van der Waals surface area contributed by atoms with Crippen molar-refractivity contribution in [2.45, 2.75) is 12.5 Å². The number of aromatic nitrogens is 2. The predicted molar refractivity (Wildman–Crippen MR) is 73.3 cm³/mol. The quantitative estimate of drug-likeness (QED) is 0.813. The highest BCUT2D eigenvalue weighted by molar-refractivity contribution is 5.94. The number of benzene rings is 1. The van der Waals surface area contributed by atoms with Crippen LogP contribution in [0.3, 0.4) is 0 Å². The van der Waals surface area contributed by atoms with Gasteiger partial charge in [-0.05, 0) is 12.1 Å². The molecule has 3 rings (SSSR count). The zero-order valence-corrected chi connectivity index (χ0v) is 11.9. The van der Waals surface area contributed by atoms with E-state index in [1.54, 1.807) is 0 Å². The molecule has 1 saturated heterocycles. The summed E-state index contributed by atoms with van der Waals surface area (Å²) in [7, 11) is 0. The van der Waals surface area contributed by atoms with Crippen molar-refractivity contribution in [2.75, 3.05) is 13.1 Å². The Balaban J connectivity index is 1.69. The standard InChI is InChI=1S/C15H12F3N3O2/c16-11-2-1-10(13(17)14(11)18)15(22)21-6-3-9(8-21)23-12-7-19-4-5-20-12/h1-2,4-5,7,9H,3,6,8H2. The summed E-state index contributed by atoms with van der Waals surface area (Å²) < 4.78 is 45.4. The highest BCUT2D eigenvalue weighted by Crippen LogP contribution is 2.21. The fourth-order valence-corrected chi connectivity index (χ4v) is 2.39. The van der Waals surface area contributed by atoms with E-state index in [1.165, 1.54) is 23.5 Å². The van der Waals surface area contributed by atoms with E-state index < -0.39 is 28.9 Å². The van der Waals surface area contributed by atoms with Crippen molar-refractivity contribution in [3.8, 4) is 5.88 Å². The fraction of sp³-hybridized carbons (Fsp3) is 0.267. The van der Waals surface area contributed by atoms with Crippen LogP contribution >= 0.6 is 0 Å². The number of amides is 1. The van der Waals surface area contributed by atoms with Crippen molar-refractivity contribution in [3.63, 3.8) is 0 Å². The lowest BCUT2D eigenvalue weighted by atomic mass is 10.1. The largest absolute Gasteiger partial charge is 0.471 e. The zero-order valence-electron chi connectivity index (χ0n) is 11.9. The maximum absolute atomic E-state index is 13.7. The van der Waals surface area contributed by atoms with Gasteiger partial charge in [-0.15, -0.1) is 0 Å². The average molecular weight is 323 g/mol. The van der Waals surface area contributed by atoms with E-state index in [-0.39, 0.29) is 12.6 Å². The molecule has 1 atom stereocenters. The first-order chi connectivity index (χ1) is 11.1. The van der Waals surface area contributed by atoms with Gasteiger partial charge in [0.2, 0.25) is 5.88 Å². The summed E-state index contributed by atoms with van der Waals surface area (Å²) >= 11 is 0. The number of nitrogens with zero attached hydrogens (tertiary/aromatic N) is 3. The van der Waals surface area contributed by atoms with Crippen molar-refractivity contribution in [3.05, 3.63) is 53.7 Å². The number of rotatable bonds is 3. The Hall–Kier alpha value is -2.64. The van der Waals surface area contributed by atoms with Gasteiger partial charge in [0.15, 0.2) is 17.5 Å². The molecule has 2 aromatic rings. The highest BCUT2D eigenvalue weighted by Gasteiger charge is 2.31. The Morgan fingerprint density at radius 1 is 1.22 bits per heavy atom. The summed E-state index contributed by atoms with van der Waals surface area (Å²) in [6.07, 6.45) is 4.63. The van der Waals surface area contributed by atoms with Gasteiger partial charge >= 0.3 is 0 Å². The van der Waals surface area contributed by atoms with Gasteiger partial charge in [-0.3, -0.25) is 9.78 Å². The van der Waals surface area contributed by atoms with Gasteiger partial charge in [-0.1, -0.05) is 0 Å². The van der Waals surface area contributed by atoms with E-state index in [2.05, 4.69) is 9.97 Å². The van der Waals surface area contributed by atoms with Gasteiger partial charge in [-0.25, -0.2) is 18.2 Å². The molecule has 8 heteroatoms. The molecule has 0 bridgehead atoms. The van der Waals surface area contributed by atoms with Gasteiger partial charge in [0.25, 0.3) is 5.91 Å². The SMILES string of the molecule is O=C(c1ccc(F)c(F)c1F)N1CCC(Oc2cnccn2)C1. The minimum atomic E-state index is -1.65. The second-order valence-corrected chi connectivity index (χ2v) is 5.05. The fourth-order valence-electron chi connectivity index (χ4n) is 2.39. The Labute approximate surface area is 129 Å². The van der Waals surface area contributed by atoms with Crippen LogP contribution in [0.5, 0.6) is 5.88 Å². The third kappa shape index (κ3) is 3.10. The number of halogens is 3. The lowest BCUT2D eigenvalue weighted by Crippen LogP contribution is -2.31. The summed E-state index contributed by atoms with van der Waals surface area (Å²) in [6.45, 7) is 0.524. The molecule has 1 aromatic heterocycles. The van der Waals surface area contributed by atoms with Crippen molar-refractivity contribution in [1.29, 1.82) is 0 Å². The first kappa shape index (κ1) is 15.3. The molecule has 0 N–H and O–H groups in total. The van der Waals surface area contributed by atoms with Crippen LogP contribution in [0.1, 0.15) is 16.8 Å². The van der Waals surface area contributed by atoms with Crippen LogP contribution in [0.4, 0.5) is 13.2 Å². The molecule has 1 fully saturated rings. The molecule has 5 nitrogen and oxygen atoms in total. The second kappa shape index (κ2) is 6.23. The van der Waals surface area contributed by atoms with Crippen LogP contribution in [0, 0.1) is 17.5 Å². The monoisotopic (exact) mass is 323 g/mol. The van der Waals surface area contributed by atoms with Gasteiger partial charge in [0.1, 0.15) is 6.10 Å². The van der Waals surface area contributed by atoms with Gasteiger partial charge in [-0.2, -0.15) is 0 Å². The molecule has 0 saturated carbocycles. The number of ether oxygens (including phenoxy) is 1. The summed E-state index contributed by atoms with van der Waals surface area (Å²) in [4.78, 5) is 21.4. The number of carbonyl (C=O) groups is 1. The molecule has 23 heavy (non-hydrogen) atoms. The van der Waals surface area contributed by atoms with Crippen LogP contribution < -0.4 is 4.74 Å². The van der Waals surface area contributed by atoms with Crippen molar-refractivity contribution < 1.29 is 22.7 Å². The van der Waals surface area contributed by atoms with Crippen molar-refractivity contribution >= 4 is 5.91 Å². The molecule has 2 heterocycles. The lowest BCUT2D eigenvalue weighted by molar-refractivity contribution is 0.0765. The normalized spacial score (nSPS) is 17.3. The summed E-state index contributed by atoms with van der Waals surface area (Å²) in [5.74, 6) is -4.84. The molecular weight excluding hydrogens is 311 g/mol. The minimum Gasteiger partial charge on any atom is -0.471 e. The summed E-state index contributed by atoms with van der Waals surface area (Å²) in [5.41, 5.74) is -0.496. The van der Waals surface area contributed by atoms with Gasteiger partial charge in [0, 0.05) is 25.4 Å². The predicted octanol–water partition coefficient (Wildman–Crippen LogP) is 2.19. The van der Waals surface area contributed by atoms with E-state index in [0.717, 1.165) is 12.1 Å². The lowest BCUT2D eigenvalue weighted by Gasteiger charge is -2.17. The topological polar surface area (TPSA) is 55.3 Å². The molecule has 0 radical (unpaired) electrons. The Morgan fingerprint density at radius 3 is 2.78 bits per heavy atom. The number of likely N-dealkylation sites (tertiary alicyclic amines) is 1. The molecule has 120 valence electrons. The number of carbonyl (C=O) groups excluding carboxylic acids is 1. The zero-order chi connectivity index (χ0) is 16.4. The third-order valence-corrected chi connectivity index (χ3v) is 3.52. The number of hydrogen-bond donors (Lipinski definition) is 0. The van der Waals surface area contributed by atoms with Crippen LogP contribution in [-0.4, -0.2) is 40.0 Å². The van der Waals surface area contributed by atoms with E-state index in [4.69, 9.17) is 4.74 Å². The van der Waals surface area contributed by atoms with Crippen LogP contribution in [0.15, 0.2) is 30.7 Å². The summed E-state index contributed by atoms with van der Waals surface area (Å²) in [6, 6.07) is 1.67. The number of hydrogen-bond acceptors (Lipinski definition) is 4. The first-order valence-electron chi connectivity index (χ1n) is 6.91. The van der Waals surface area contributed by atoms with Crippen LogP contribution in [0.2, 0.25) is 0 Å². The first-order valence-corrected chi connectivity index (χ1v) is 6.91. The van der Waals surface area contributed by atoms with E-state index in [1.807, 2.05) is 0 Å². The Kier molecular flexibility index (Phi) is 4.14. The molecule has 0 aliphatic carbocycles. The minimum absolute atomic E-state index is 0.202. The Morgan fingerprint density at radius 2 is 2.04 bits per heavy atom. The van der Waals surface area contributed by atoms with Crippen LogP contribution in [-0.2, 0) is 0 Å². The molecule has 0 spiro atoms. The molecule has 1 amide bonds. The molecule has 1 aromatic carbocycles.